The second-order valence-corrected chi connectivity index (χ2v) is 13.2. The van der Waals surface area contributed by atoms with Gasteiger partial charge in [-0.05, 0) is 96.7 Å². The Kier molecular flexibility index (Phi) is 5.47. The summed E-state index contributed by atoms with van der Waals surface area (Å²) in [6.45, 7) is 0. The predicted octanol–water partition coefficient (Wildman–Crippen LogP) is 13.2. The summed E-state index contributed by atoms with van der Waals surface area (Å²) in [4.78, 5) is 0. The fourth-order valence-electron chi connectivity index (χ4n) is 8.34. The molecule has 1 aliphatic rings. The first-order chi connectivity index (χ1) is 24.3. The first kappa shape index (κ1) is 26.7. The third-order valence-electron chi connectivity index (χ3n) is 10.5. The molecule has 2 heterocycles. The lowest BCUT2D eigenvalue weighted by atomic mass is 9.84. The smallest absolute Gasteiger partial charge is 0.178 e. The van der Waals surface area contributed by atoms with E-state index in [-0.39, 0.29) is 0 Å². The number of furan rings is 2. The van der Waals surface area contributed by atoms with Crippen molar-refractivity contribution in [3.05, 3.63) is 169 Å². The van der Waals surface area contributed by atoms with Crippen LogP contribution in [0.15, 0.2) is 167 Å². The predicted molar refractivity (Wildman–Crippen MR) is 203 cm³/mol. The van der Waals surface area contributed by atoms with Crippen LogP contribution in [-0.4, -0.2) is 0 Å². The molecule has 2 aromatic heterocycles. The van der Waals surface area contributed by atoms with Crippen LogP contribution in [0.3, 0.4) is 0 Å². The Bertz CT molecular complexity index is 2900. The third-order valence-corrected chi connectivity index (χ3v) is 10.5. The van der Waals surface area contributed by atoms with Gasteiger partial charge in [0.05, 0.1) is 0 Å². The Balaban J connectivity index is 1.19. The van der Waals surface area contributed by atoms with Gasteiger partial charge in [0.1, 0.15) is 11.3 Å². The molecule has 2 nitrogen and oxygen atoms in total. The summed E-state index contributed by atoms with van der Waals surface area (Å²) in [5.41, 5.74) is 13.9. The highest BCUT2D eigenvalue weighted by Crippen LogP contribution is 2.49. The van der Waals surface area contributed by atoms with Crippen molar-refractivity contribution in [1.29, 1.82) is 0 Å². The molecule has 0 radical (unpaired) electrons. The highest BCUT2D eigenvalue weighted by molar-refractivity contribution is 6.26. The summed E-state index contributed by atoms with van der Waals surface area (Å²) in [5.74, 6) is 0.839. The average Bonchev–Trinajstić information content (AvgIpc) is 3.87. The molecule has 11 rings (SSSR count). The van der Waals surface area contributed by atoms with Crippen molar-refractivity contribution in [1.82, 2.24) is 0 Å². The summed E-state index contributed by atoms with van der Waals surface area (Å²) in [6.07, 6.45) is 0.993. The van der Waals surface area contributed by atoms with Crippen molar-refractivity contribution in [2.45, 2.75) is 6.42 Å². The molecule has 2 heteroatoms. The van der Waals surface area contributed by atoms with Gasteiger partial charge in [0.15, 0.2) is 11.2 Å². The highest BCUT2D eigenvalue weighted by atomic mass is 16.4. The van der Waals surface area contributed by atoms with Gasteiger partial charge in [-0.1, -0.05) is 133 Å². The maximum atomic E-state index is 6.67. The SMILES string of the molecule is c1ccc(-c2cc3ccc4c(oc5cccc(-c6c7ccccc7c(-c7ccc8c(c7)-c7ccccc7C8)c7ccccc67)c54)c3o2)cc1. The number of benzene rings is 8. The molecule has 0 spiro atoms. The lowest BCUT2D eigenvalue weighted by Crippen LogP contribution is -1.92. The Morgan fingerprint density at radius 3 is 1.86 bits per heavy atom. The highest BCUT2D eigenvalue weighted by Gasteiger charge is 2.23. The molecule has 0 aliphatic heterocycles. The van der Waals surface area contributed by atoms with Crippen LogP contribution in [0.25, 0.3) is 99.2 Å². The molecule has 1 aliphatic carbocycles. The molecule has 0 amide bonds. The molecule has 0 saturated heterocycles. The average molecular weight is 625 g/mol. The molecular weight excluding hydrogens is 597 g/mol. The monoisotopic (exact) mass is 624 g/mol. The molecule has 10 aromatic rings. The van der Waals surface area contributed by atoms with Crippen LogP contribution in [0.5, 0.6) is 0 Å². The van der Waals surface area contributed by atoms with Gasteiger partial charge in [0.25, 0.3) is 0 Å². The molecule has 228 valence electrons. The minimum absolute atomic E-state index is 0.779. The lowest BCUT2D eigenvalue weighted by Gasteiger charge is -2.18. The zero-order valence-corrected chi connectivity index (χ0v) is 26.5. The van der Waals surface area contributed by atoms with Gasteiger partial charge in [-0.15, -0.1) is 0 Å². The molecular formula is C47H28O2. The second-order valence-electron chi connectivity index (χ2n) is 13.2. The topological polar surface area (TPSA) is 26.3 Å². The van der Waals surface area contributed by atoms with Gasteiger partial charge in [-0.3, -0.25) is 0 Å². The first-order valence-corrected chi connectivity index (χ1v) is 16.9. The molecule has 49 heavy (non-hydrogen) atoms. The van der Waals surface area contributed by atoms with Crippen molar-refractivity contribution < 1.29 is 8.83 Å². The molecule has 8 aromatic carbocycles. The summed E-state index contributed by atoms with van der Waals surface area (Å²) in [6, 6.07) is 56.8. The van der Waals surface area contributed by atoms with Crippen molar-refractivity contribution in [2.75, 3.05) is 0 Å². The molecule has 0 unspecified atom stereocenters. The fraction of sp³-hybridized carbons (Fsp3) is 0.0213. The molecule has 0 atom stereocenters. The maximum Gasteiger partial charge on any atom is 0.178 e. The van der Waals surface area contributed by atoms with Gasteiger partial charge in [-0.2, -0.15) is 0 Å². The Hall–Kier alpha value is -6.38. The van der Waals surface area contributed by atoms with Gasteiger partial charge < -0.3 is 8.83 Å². The second kappa shape index (κ2) is 10.1. The van der Waals surface area contributed by atoms with Crippen LogP contribution < -0.4 is 0 Å². The standard InChI is InChI=1S/C47H28O2/c1-2-11-28(12-3-1)42-27-32-23-24-39-45-38(19-10-20-41(45)48-47(39)46(32)49-42)44-36-17-8-6-15-34(36)43(35-16-7-9-18-37(35)44)31-22-21-30-25-29-13-4-5-14-33(29)40(30)26-31/h1-24,26-27H,25H2. The van der Waals surface area contributed by atoms with E-state index in [2.05, 4.69) is 140 Å². The van der Waals surface area contributed by atoms with Gasteiger partial charge >= 0.3 is 0 Å². The van der Waals surface area contributed by atoms with E-state index in [0.717, 1.165) is 56.2 Å². The van der Waals surface area contributed by atoms with Gasteiger partial charge in [0.2, 0.25) is 0 Å². The van der Waals surface area contributed by atoms with Crippen LogP contribution in [0.1, 0.15) is 11.1 Å². The zero-order valence-electron chi connectivity index (χ0n) is 26.5. The van der Waals surface area contributed by atoms with Crippen LogP contribution in [0, 0.1) is 0 Å². The first-order valence-electron chi connectivity index (χ1n) is 16.9. The van der Waals surface area contributed by atoms with E-state index < -0.39 is 0 Å². The van der Waals surface area contributed by atoms with E-state index in [1.165, 1.54) is 60.5 Å². The van der Waals surface area contributed by atoms with Crippen LogP contribution >= 0.6 is 0 Å². The van der Waals surface area contributed by atoms with E-state index in [1.807, 2.05) is 18.2 Å². The largest absolute Gasteiger partial charge is 0.452 e. The Labute approximate surface area is 282 Å². The van der Waals surface area contributed by atoms with Gasteiger partial charge in [0, 0.05) is 21.7 Å². The summed E-state index contributed by atoms with van der Waals surface area (Å²) < 4.78 is 13.2. The number of hydrogen-bond donors (Lipinski definition) is 0. The minimum atomic E-state index is 0.779. The van der Waals surface area contributed by atoms with Crippen molar-refractivity contribution >= 4 is 54.5 Å². The summed E-state index contributed by atoms with van der Waals surface area (Å²) in [5, 5.41) is 8.13. The van der Waals surface area contributed by atoms with E-state index in [4.69, 9.17) is 8.83 Å². The minimum Gasteiger partial charge on any atom is -0.452 e. The lowest BCUT2D eigenvalue weighted by molar-refractivity contribution is 0.611. The van der Waals surface area contributed by atoms with Crippen molar-refractivity contribution in [2.24, 2.45) is 0 Å². The number of hydrogen-bond acceptors (Lipinski definition) is 2. The number of fused-ring (bicyclic) bond motifs is 10. The van der Waals surface area contributed by atoms with E-state index in [0.29, 0.717) is 0 Å². The van der Waals surface area contributed by atoms with Crippen molar-refractivity contribution in [3.63, 3.8) is 0 Å². The Morgan fingerprint density at radius 1 is 0.388 bits per heavy atom. The van der Waals surface area contributed by atoms with E-state index in [9.17, 15) is 0 Å². The zero-order chi connectivity index (χ0) is 32.1. The third kappa shape index (κ3) is 3.83. The van der Waals surface area contributed by atoms with Crippen LogP contribution in [0.4, 0.5) is 0 Å². The van der Waals surface area contributed by atoms with Crippen LogP contribution in [-0.2, 0) is 6.42 Å². The van der Waals surface area contributed by atoms with Gasteiger partial charge in [-0.25, -0.2) is 0 Å². The fourth-order valence-corrected chi connectivity index (χ4v) is 8.34. The molecule has 0 N–H and O–H groups in total. The van der Waals surface area contributed by atoms with E-state index >= 15 is 0 Å². The van der Waals surface area contributed by atoms with Crippen molar-refractivity contribution in [3.8, 4) is 44.7 Å². The van der Waals surface area contributed by atoms with E-state index in [1.54, 1.807) is 0 Å². The summed E-state index contributed by atoms with van der Waals surface area (Å²) >= 11 is 0. The molecule has 0 fully saturated rings. The van der Waals surface area contributed by atoms with Crippen LogP contribution in [0.2, 0.25) is 0 Å². The molecule has 0 bridgehead atoms. The Morgan fingerprint density at radius 2 is 1.06 bits per heavy atom. The maximum absolute atomic E-state index is 6.67. The summed E-state index contributed by atoms with van der Waals surface area (Å²) in [7, 11) is 0. The molecule has 0 saturated carbocycles. The quantitative estimate of drug-likeness (QED) is 0.183. The number of rotatable bonds is 3. The normalized spacial score (nSPS) is 12.4.